The van der Waals surface area contributed by atoms with Crippen molar-refractivity contribution in [2.45, 2.75) is 6.54 Å². The van der Waals surface area contributed by atoms with Gasteiger partial charge in [0.05, 0.1) is 12.2 Å². The molecule has 4 aromatic rings. The fourth-order valence-corrected chi connectivity index (χ4v) is 4.43. The van der Waals surface area contributed by atoms with Gasteiger partial charge in [0.1, 0.15) is 0 Å². The minimum atomic E-state index is 0.434. The number of aromatic nitrogens is 3. The Kier molecular flexibility index (Phi) is 4.74. The largest absolute Gasteiger partial charge is 0.243 e. The van der Waals surface area contributed by atoms with Crippen LogP contribution in [0.3, 0.4) is 0 Å². The molecule has 4 nitrogen and oxygen atoms in total. The minimum absolute atomic E-state index is 0.434. The van der Waals surface area contributed by atoms with Crippen LogP contribution in [0.25, 0.3) is 11.3 Å². The van der Waals surface area contributed by atoms with Crippen LogP contribution in [0, 0.1) is 0 Å². The van der Waals surface area contributed by atoms with E-state index in [4.69, 9.17) is 16.7 Å². The minimum Gasteiger partial charge on any atom is -0.243 e. The van der Waals surface area contributed by atoms with Crippen molar-refractivity contribution in [1.82, 2.24) is 14.2 Å². The molecule has 0 saturated heterocycles. The predicted molar refractivity (Wildman–Crippen MR) is 103 cm³/mol. The second-order valence-corrected chi connectivity index (χ2v) is 7.54. The van der Waals surface area contributed by atoms with Gasteiger partial charge in [-0.2, -0.15) is 9.47 Å². The van der Waals surface area contributed by atoms with Crippen molar-refractivity contribution in [1.29, 1.82) is 0 Å². The molecule has 0 N–H and O–H groups in total. The van der Waals surface area contributed by atoms with E-state index >= 15 is 0 Å². The SMILES string of the molecule is Clc1nssc1=Nc1cc(-c2ccccc2)nn1Cc1ccccc1. The zero-order chi connectivity index (χ0) is 17.1. The molecule has 4 rings (SSSR count). The molecule has 0 radical (unpaired) electrons. The molecule has 2 heterocycles. The van der Waals surface area contributed by atoms with Gasteiger partial charge in [0.25, 0.3) is 0 Å². The molecule has 0 unspecified atom stereocenters. The van der Waals surface area contributed by atoms with Crippen LogP contribution in [0.5, 0.6) is 0 Å². The lowest BCUT2D eigenvalue weighted by atomic mass is 10.2. The fraction of sp³-hybridized carbons (Fsp3) is 0.0556. The molecule has 0 spiro atoms. The van der Waals surface area contributed by atoms with Crippen LogP contribution >= 0.6 is 32.5 Å². The van der Waals surface area contributed by atoms with Crippen LogP contribution in [0.4, 0.5) is 5.82 Å². The quantitative estimate of drug-likeness (QED) is 0.464. The maximum atomic E-state index is 6.11. The lowest BCUT2D eigenvalue weighted by Gasteiger charge is -2.04. The van der Waals surface area contributed by atoms with Gasteiger partial charge in [-0.15, -0.1) is 0 Å². The molecule has 124 valence electrons. The summed E-state index contributed by atoms with van der Waals surface area (Å²) in [6.45, 7) is 0.645. The summed E-state index contributed by atoms with van der Waals surface area (Å²) in [6.07, 6.45) is 0. The average molecular weight is 385 g/mol. The first-order chi connectivity index (χ1) is 12.3. The number of nitrogens with zero attached hydrogens (tertiary/aromatic N) is 4. The molecular weight excluding hydrogens is 372 g/mol. The van der Waals surface area contributed by atoms with Crippen LogP contribution in [-0.4, -0.2) is 14.2 Å². The number of halogens is 1. The Balaban J connectivity index is 1.80. The van der Waals surface area contributed by atoms with Gasteiger partial charge < -0.3 is 0 Å². The van der Waals surface area contributed by atoms with Crippen LogP contribution in [0.1, 0.15) is 5.56 Å². The van der Waals surface area contributed by atoms with Gasteiger partial charge in [-0.1, -0.05) is 72.3 Å². The normalized spacial score (nSPS) is 11.8. The van der Waals surface area contributed by atoms with Gasteiger partial charge >= 0.3 is 0 Å². The Morgan fingerprint density at radius 2 is 1.72 bits per heavy atom. The van der Waals surface area contributed by atoms with Crippen LogP contribution < -0.4 is 4.67 Å². The summed E-state index contributed by atoms with van der Waals surface area (Å²) in [4.78, 5) is 4.68. The fourth-order valence-electron chi connectivity index (χ4n) is 2.45. The molecule has 0 saturated carbocycles. The third-order valence-corrected chi connectivity index (χ3v) is 5.80. The van der Waals surface area contributed by atoms with Crippen molar-refractivity contribution >= 4 is 38.3 Å². The van der Waals surface area contributed by atoms with Gasteiger partial charge in [0, 0.05) is 22.2 Å². The Hall–Kier alpha value is -2.28. The van der Waals surface area contributed by atoms with E-state index in [-0.39, 0.29) is 0 Å². The zero-order valence-electron chi connectivity index (χ0n) is 13.0. The molecule has 2 aromatic carbocycles. The first kappa shape index (κ1) is 16.2. The van der Waals surface area contributed by atoms with Gasteiger partial charge in [-0.25, -0.2) is 9.67 Å². The van der Waals surface area contributed by atoms with E-state index in [1.165, 1.54) is 26.4 Å². The molecular formula is C18H13ClN4S2. The third kappa shape index (κ3) is 3.71. The molecule has 7 heteroatoms. The summed E-state index contributed by atoms with van der Waals surface area (Å²) in [7, 11) is 2.79. The topological polar surface area (TPSA) is 43.1 Å². The van der Waals surface area contributed by atoms with Crippen LogP contribution in [0.2, 0.25) is 5.15 Å². The highest BCUT2D eigenvalue weighted by Gasteiger charge is 2.10. The van der Waals surface area contributed by atoms with Crippen LogP contribution in [0.15, 0.2) is 71.7 Å². The zero-order valence-corrected chi connectivity index (χ0v) is 15.4. The summed E-state index contributed by atoms with van der Waals surface area (Å²) in [5.41, 5.74) is 3.11. The number of hydrogen-bond acceptors (Lipinski definition) is 5. The molecule has 25 heavy (non-hydrogen) atoms. The van der Waals surface area contributed by atoms with Gasteiger partial charge in [-0.3, -0.25) is 0 Å². The van der Waals surface area contributed by atoms with Crippen molar-refractivity contribution in [3.8, 4) is 11.3 Å². The first-order valence-corrected chi connectivity index (χ1v) is 10.1. The van der Waals surface area contributed by atoms with Gasteiger partial charge in [-0.05, 0) is 15.9 Å². The average Bonchev–Trinajstić information content (AvgIpc) is 3.24. The molecule has 0 aliphatic carbocycles. The Bertz CT molecular complexity index is 1040. The first-order valence-electron chi connectivity index (χ1n) is 7.63. The molecule has 0 bridgehead atoms. The van der Waals surface area contributed by atoms with Gasteiger partial charge in [0.15, 0.2) is 15.6 Å². The van der Waals surface area contributed by atoms with E-state index in [9.17, 15) is 0 Å². The lowest BCUT2D eigenvalue weighted by molar-refractivity contribution is 0.691. The molecule has 2 aromatic heterocycles. The third-order valence-electron chi connectivity index (χ3n) is 3.63. The van der Waals surface area contributed by atoms with E-state index in [1.54, 1.807) is 0 Å². The molecule has 0 aliphatic heterocycles. The molecule has 0 atom stereocenters. The highest BCUT2D eigenvalue weighted by atomic mass is 35.5. The summed E-state index contributed by atoms with van der Waals surface area (Å²) in [6, 6.07) is 22.3. The summed E-state index contributed by atoms with van der Waals surface area (Å²) < 4.78 is 6.70. The predicted octanol–water partition coefficient (Wildman–Crippen LogP) is 5.00. The maximum absolute atomic E-state index is 6.11. The summed E-state index contributed by atoms with van der Waals surface area (Å²) in [5, 5.41) is 5.19. The van der Waals surface area contributed by atoms with Crippen molar-refractivity contribution in [2.24, 2.45) is 4.99 Å². The van der Waals surface area contributed by atoms with Crippen LogP contribution in [-0.2, 0) is 6.54 Å². The lowest BCUT2D eigenvalue weighted by Crippen LogP contribution is -2.03. The number of hydrogen-bond donors (Lipinski definition) is 0. The smallest absolute Gasteiger partial charge is 0.179 e. The summed E-state index contributed by atoms with van der Waals surface area (Å²) >= 11 is 6.11. The highest BCUT2D eigenvalue weighted by Crippen LogP contribution is 2.24. The standard InChI is InChI=1S/C18H13ClN4S2/c19-17-18(24-25-22-17)20-16-11-15(14-9-5-2-6-10-14)21-23(16)12-13-7-3-1-4-8-13/h1-11H,12H2. The second-order valence-electron chi connectivity index (χ2n) is 5.35. The Morgan fingerprint density at radius 1 is 1.00 bits per heavy atom. The monoisotopic (exact) mass is 384 g/mol. The molecule has 0 fully saturated rings. The number of rotatable bonds is 4. The highest BCUT2D eigenvalue weighted by molar-refractivity contribution is 7.66. The molecule has 0 aliphatic rings. The Labute approximate surface area is 157 Å². The van der Waals surface area contributed by atoms with Gasteiger partial charge in [0.2, 0.25) is 0 Å². The maximum Gasteiger partial charge on any atom is 0.179 e. The van der Waals surface area contributed by atoms with Crippen molar-refractivity contribution in [3.05, 3.63) is 82.1 Å². The Morgan fingerprint density at radius 3 is 2.40 bits per heavy atom. The van der Waals surface area contributed by atoms with Crippen molar-refractivity contribution in [2.75, 3.05) is 0 Å². The van der Waals surface area contributed by atoms with Crippen molar-refractivity contribution in [3.63, 3.8) is 0 Å². The number of benzene rings is 2. The van der Waals surface area contributed by atoms with E-state index in [0.29, 0.717) is 16.4 Å². The molecule has 0 amide bonds. The van der Waals surface area contributed by atoms with E-state index in [0.717, 1.165) is 17.1 Å². The van der Waals surface area contributed by atoms with E-state index < -0.39 is 0 Å². The second kappa shape index (κ2) is 7.31. The van der Waals surface area contributed by atoms with E-state index in [2.05, 4.69) is 21.5 Å². The van der Waals surface area contributed by atoms with Crippen molar-refractivity contribution < 1.29 is 0 Å². The van der Waals surface area contributed by atoms with E-state index in [1.807, 2.05) is 59.3 Å². The summed E-state index contributed by atoms with van der Waals surface area (Å²) in [5.74, 6) is 0.765.